The van der Waals surface area contributed by atoms with Crippen molar-refractivity contribution in [2.75, 3.05) is 6.61 Å². The van der Waals surface area contributed by atoms with E-state index in [2.05, 4.69) is 5.32 Å². The number of alkyl carbamates (subject to hydrolysis) is 1. The molecule has 0 aromatic heterocycles. The van der Waals surface area contributed by atoms with Crippen molar-refractivity contribution in [2.24, 2.45) is 11.3 Å². The van der Waals surface area contributed by atoms with Crippen LogP contribution in [0.5, 0.6) is 0 Å². The van der Waals surface area contributed by atoms with Crippen LogP contribution in [0.15, 0.2) is 0 Å². The number of carbonyl (C=O) groups is 3. The number of ketones is 1. The van der Waals surface area contributed by atoms with E-state index in [0.29, 0.717) is 0 Å². The highest BCUT2D eigenvalue weighted by Crippen LogP contribution is 2.15. The van der Waals surface area contributed by atoms with Crippen LogP contribution in [0.3, 0.4) is 0 Å². The molecule has 1 unspecified atom stereocenters. The number of rotatable bonds is 5. The Morgan fingerprint density at radius 2 is 1.50 bits per heavy atom. The molecule has 6 heteroatoms. The van der Waals surface area contributed by atoms with Crippen molar-refractivity contribution < 1.29 is 23.9 Å². The zero-order valence-electron chi connectivity index (χ0n) is 14.9. The van der Waals surface area contributed by atoms with Crippen LogP contribution in [0.25, 0.3) is 0 Å². The minimum absolute atomic E-state index is 0.202. The molecule has 0 saturated heterocycles. The van der Waals surface area contributed by atoms with Crippen molar-refractivity contribution in [3.05, 3.63) is 0 Å². The van der Waals surface area contributed by atoms with Crippen molar-refractivity contribution in [3.8, 4) is 0 Å². The maximum Gasteiger partial charge on any atom is 0.408 e. The van der Waals surface area contributed by atoms with Gasteiger partial charge in [-0.2, -0.15) is 0 Å². The van der Waals surface area contributed by atoms with Gasteiger partial charge in [0.2, 0.25) is 0 Å². The standard InChI is InChI=1S/C16H29NO5/c1-10(2)12(18)11(9-21-13(19)15(3,4)5)17-14(20)22-16(6,7)8/h10-11H,9H2,1-8H3,(H,17,20). The number of nitrogens with one attached hydrogen (secondary N) is 1. The van der Waals surface area contributed by atoms with E-state index in [-0.39, 0.29) is 18.3 Å². The molecule has 0 saturated carbocycles. The van der Waals surface area contributed by atoms with Crippen LogP contribution < -0.4 is 5.32 Å². The summed E-state index contributed by atoms with van der Waals surface area (Å²) >= 11 is 0. The molecular formula is C16H29NO5. The molecule has 1 N–H and O–H groups in total. The van der Waals surface area contributed by atoms with Crippen molar-refractivity contribution >= 4 is 17.8 Å². The molecule has 0 bridgehead atoms. The van der Waals surface area contributed by atoms with E-state index in [4.69, 9.17) is 9.47 Å². The minimum atomic E-state index is -0.916. The normalized spacial score (nSPS) is 13.5. The Labute approximate surface area is 132 Å². The molecule has 1 amide bonds. The first-order chi connectivity index (χ1) is 9.74. The van der Waals surface area contributed by atoms with Gasteiger partial charge in [0, 0.05) is 5.92 Å². The molecule has 6 nitrogen and oxygen atoms in total. The second-order valence-electron chi connectivity index (χ2n) is 7.60. The summed E-state index contributed by atoms with van der Waals surface area (Å²) in [6, 6.07) is -0.916. The molecule has 0 radical (unpaired) electrons. The summed E-state index contributed by atoms with van der Waals surface area (Å²) in [5.74, 6) is -0.944. The van der Waals surface area contributed by atoms with Gasteiger partial charge in [0.15, 0.2) is 5.78 Å². The average molecular weight is 315 g/mol. The van der Waals surface area contributed by atoms with Gasteiger partial charge < -0.3 is 14.8 Å². The molecule has 0 aromatic carbocycles. The van der Waals surface area contributed by atoms with E-state index in [0.717, 1.165) is 0 Å². The van der Waals surface area contributed by atoms with Gasteiger partial charge in [-0.05, 0) is 41.5 Å². The molecule has 0 aromatic rings. The van der Waals surface area contributed by atoms with E-state index in [9.17, 15) is 14.4 Å². The smallest absolute Gasteiger partial charge is 0.408 e. The Morgan fingerprint density at radius 3 is 1.86 bits per heavy atom. The van der Waals surface area contributed by atoms with Gasteiger partial charge in [0.25, 0.3) is 0 Å². The lowest BCUT2D eigenvalue weighted by molar-refractivity contribution is -0.154. The molecule has 0 fully saturated rings. The second kappa shape index (κ2) is 7.61. The molecule has 0 rings (SSSR count). The van der Waals surface area contributed by atoms with Crippen LogP contribution in [-0.4, -0.2) is 36.1 Å². The summed E-state index contributed by atoms with van der Waals surface area (Å²) in [6.07, 6.45) is -0.710. The molecule has 0 spiro atoms. The Balaban J connectivity index is 4.82. The highest BCUT2D eigenvalue weighted by atomic mass is 16.6. The summed E-state index contributed by atoms with van der Waals surface area (Å²) in [4.78, 5) is 35.8. The average Bonchev–Trinajstić information content (AvgIpc) is 2.29. The number of hydrogen-bond acceptors (Lipinski definition) is 5. The molecule has 0 aliphatic heterocycles. The third-order valence-electron chi connectivity index (χ3n) is 2.60. The molecule has 0 aliphatic rings. The van der Waals surface area contributed by atoms with E-state index >= 15 is 0 Å². The van der Waals surface area contributed by atoms with Crippen LogP contribution in [0.1, 0.15) is 55.4 Å². The van der Waals surface area contributed by atoms with Crippen molar-refractivity contribution in [3.63, 3.8) is 0 Å². The predicted molar refractivity (Wildman–Crippen MR) is 83.4 cm³/mol. The first-order valence-electron chi connectivity index (χ1n) is 7.44. The molecule has 0 heterocycles. The van der Waals surface area contributed by atoms with Gasteiger partial charge in [0.05, 0.1) is 5.41 Å². The van der Waals surface area contributed by atoms with Crippen LogP contribution in [0, 0.1) is 11.3 Å². The summed E-state index contributed by atoms with van der Waals surface area (Å²) in [7, 11) is 0. The van der Waals surface area contributed by atoms with Gasteiger partial charge in [-0.15, -0.1) is 0 Å². The lowest BCUT2D eigenvalue weighted by Crippen LogP contribution is -2.48. The molecule has 1 atom stereocenters. The Bertz CT molecular complexity index is 415. The first-order valence-corrected chi connectivity index (χ1v) is 7.44. The number of Topliss-reactive ketones (excluding diaryl/α,β-unsaturated/α-hetero) is 1. The van der Waals surface area contributed by atoms with Gasteiger partial charge in [-0.25, -0.2) is 4.79 Å². The molecule has 22 heavy (non-hydrogen) atoms. The van der Waals surface area contributed by atoms with Gasteiger partial charge in [-0.1, -0.05) is 13.8 Å². The number of amides is 1. The summed E-state index contributed by atoms with van der Waals surface area (Å²) in [5.41, 5.74) is -1.34. The fourth-order valence-electron chi connectivity index (χ4n) is 1.42. The van der Waals surface area contributed by atoms with Crippen molar-refractivity contribution in [1.29, 1.82) is 0 Å². The fourth-order valence-corrected chi connectivity index (χ4v) is 1.42. The largest absolute Gasteiger partial charge is 0.463 e. The maximum atomic E-state index is 12.1. The van der Waals surface area contributed by atoms with Crippen LogP contribution >= 0.6 is 0 Å². The number of hydrogen-bond donors (Lipinski definition) is 1. The van der Waals surface area contributed by atoms with Crippen molar-refractivity contribution in [1.82, 2.24) is 5.32 Å². The summed E-state index contributed by atoms with van der Waals surface area (Å²) in [5, 5.41) is 2.47. The van der Waals surface area contributed by atoms with Crippen molar-refractivity contribution in [2.45, 2.75) is 67.0 Å². The van der Waals surface area contributed by atoms with Gasteiger partial charge >= 0.3 is 12.1 Å². The SMILES string of the molecule is CC(C)C(=O)C(COC(=O)C(C)(C)C)NC(=O)OC(C)(C)C. The quantitative estimate of drug-likeness (QED) is 0.789. The topological polar surface area (TPSA) is 81.7 Å². The minimum Gasteiger partial charge on any atom is -0.463 e. The van der Waals surface area contributed by atoms with E-state index in [1.807, 2.05) is 0 Å². The predicted octanol–water partition coefficient (Wildman–Crippen LogP) is 2.69. The van der Waals surface area contributed by atoms with Crippen LogP contribution in [0.2, 0.25) is 0 Å². The fraction of sp³-hybridized carbons (Fsp3) is 0.812. The number of ether oxygens (including phenoxy) is 2. The summed E-state index contributed by atoms with van der Waals surface area (Å²) < 4.78 is 10.3. The Hall–Kier alpha value is -1.59. The third-order valence-corrected chi connectivity index (χ3v) is 2.60. The van der Waals surface area contributed by atoms with Gasteiger partial charge in [0.1, 0.15) is 18.2 Å². The maximum absolute atomic E-state index is 12.1. The zero-order valence-corrected chi connectivity index (χ0v) is 14.9. The van der Waals surface area contributed by atoms with E-state index < -0.39 is 29.1 Å². The monoisotopic (exact) mass is 315 g/mol. The highest BCUT2D eigenvalue weighted by Gasteiger charge is 2.29. The summed E-state index contributed by atoms with van der Waals surface area (Å²) in [6.45, 7) is 13.6. The van der Waals surface area contributed by atoms with E-state index in [1.165, 1.54) is 0 Å². The lowest BCUT2D eigenvalue weighted by atomic mass is 9.97. The van der Waals surface area contributed by atoms with Crippen LogP contribution in [0.4, 0.5) is 4.79 Å². The number of carbonyl (C=O) groups excluding carboxylic acids is 3. The molecule has 0 aliphatic carbocycles. The second-order valence-corrected chi connectivity index (χ2v) is 7.60. The zero-order chi connectivity index (χ0) is 17.7. The van der Waals surface area contributed by atoms with Gasteiger partial charge in [-0.3, -0.25) is 9.59 Å². The first kappa shape index (κ1) is 20.4. The Morgan fingerprint density at radius 1 is 1.00 bits per heavy atom. The van der Waals surface area contributed by atoms with Crippen LogP contribution in [-0.2, 0) is 19.1 Å². The van der Waals surface area contributed by atoms with E-state index in [1.54, 1.807) is 55.4 Å². The molecule has 128 valence electrons. The lowest BCUT2D eigenvalue weighted by Gasteiger charge is -2.25. The molecular weight excluding hydrogens is 286 g/mol. The number of esters is 1. The third kappa shape index (κ3) is 8.00. The Kier molecular flexibility index (Phi) is 7.06. The highest BCUT2D eigenvalue weighted by molar-refractivity contribution is 5.89.